The fourth-order valence-electron chi connectivity index (χ4n) is 1.62. The molecular formula is C12H14N2O. The summed E-state index contributed by atoms with van der Waals surface area (Å²) in [6.45, 7) is 4.30. The van der Waals surface area contributed by atoms with E-state index in [1.165, 1.54) is 6.07 Å². The molecule has 3 nitrogen and oxygen atoms in total. The Morgan fingerprint density at radius 2 is 2.20 bits per heavy atom. The molecule has 1 N–H and O–H groups in total. The molecule has 0 fully saturated rings. The van der Waals surface area contributed by atoms with E-state index in [1.807, 2.05) is 12.3 Å². The summed E-state index contributed by atoms with van der Waals surface area (Å²) >= 11 is 0. The van der Waals surface area contributed by atoms with E-state index in [4.69, 9.17) is 0 Å². The van der Waals surface area contributed by atoms with Gasteiger partial charge in [-0.05, 0) is 24.5 Å². The molecule has 2 heterocycles. The van der Waals surface area contributed by atoms with Crippen LogP contribution in [0.2, 0.25) is 0 Å². The van der Waals surface area contributed by atoms with Crippen LogP contribution in [0, 0.1) is 5.92 Å². The van der Waals surface area contributed by atoms with Crippen molar-refractivity contribution in [3.05, 3.63) is 40.4 Å². The summed E-state index contributed by atoms with van der Waals surface area (Å²) in [5, 5.41) is 0.974. The number of aromatic nitrogens is 2. The lowest BCUT2D eigenvalue weighted by molar-refractivity contribution is 0.636. The minimum Gasteiger partial charge on any atom is -0.322 e. The van der Waals surface area contributed by atoms with Crippen LogP contribution in [-0.2, 0) is 6.42 Å². The third-order valence-electron chi connectivity index (χ3n) is 2.28. The summed E-state index contributed by atoms with van der Waals surface area (Å²) < 4.78 is 0. The highest BCUT2D eigenvalue weighted by Gasteiger charge is 2.01. The lowest BCUT2D eigenvalue weighted by atomic mass is 10.1. The van der Waals surface area contributed by atoms with Gasteiger partial charge in [-0.2, -0.15) is 0 Å². The van der Waals surface area contributed by atoms with Crippen molar-refractivity contribution in [2.45, 2.75) is 20.3 Å². The van der Waals surface area contributed by atoms with Crippen molar-refractivity contribution >= 4 is 10.9 Å². The van der Waals surface area contributed by atoms with Gasteiger partial charge in [-0.3, -0.25) is 9.78 Å². The number of pyridine rings is 2. The first kappa shape index (κ1) is 9.90. The van der Waals surface area contributed by atoms with Crippen molar-refractivity contribution in [1.82, 2.24) is 9.97 Å². The highest BCUT2D eigenvalue weighted by Crippen LogP contribution is 2.11. The minimum absolute atomic E-state index is 0.0656. The third-order valence-corrected chi connectivity index (χ3v) is 2.28. The third kappa shape index (κ3) is 2.24. The van der Waals surface area contributed by atoms with E-state index in [0.29, 0.717) is 5.92 Å². The molecule has 0 aliphatic heterocycles. The smallest absolute Gasteiger partial charge is 0.248 e. The quantitative estimate of drug-likeness (QED) is 0.810. The minimum atomic E-state index is -0.0656. The molecule has 0 radical (unpaired) electrons. The van der Waals surface area contributed by atoms with Gasteiger partial charge in [-0.15, -0.1) is 0 Å². The summed E-state index contributed by atoms with van der Waals surface area (Å²) in [6, 6.07) is 5.27. The van der Waals surface area contributed by atoms with Crippen LogP contribution < -0.4 is 5.56 Å². The Balaban J connectivity index is 2.49. The molecule has 0 atom stereocenters. The van der Waals surface area contributed by atoms with Gasteiger partial charge < -0.3 is 4.98 Å². The van der Waals surface area contributed by atoms with Crippen LogP contribution in [0.15, 0.2) is 29.2 Å². The van der Waals surface area contributed by atoms with Gasteiger partial charge in [0.05, 0.1) is 5.52 Å². The van der Waals surface area contributed by atoms with Crippen LogP contribution in [0.1, 0.15) is 19.5 Å². The van der Waals surface area contributed by atoms with Gasteiger partial charge in [0.1, 0.15) is 0 Å². The van der Waals surface area contributed by atoms with Gasteiger partial charge in [-0.25, -0.2) is 0 Å². The van der Waals surface area contributed by atoms with E-state index in [1.54, 1.807) is 6.07 Å². The molecule has 2 rings (SSSR count). The summed E-state index contributed by atoms with van der Waals surface area (Å²) in [5.41, 5.74) is 1.83. The second kappa shape index (κ2) is 3.85. The molecule has 0 amide bonds. The number of nitrogens with one attached hydrogen (secondary N) is 1. The van der Waals surface area contributed by atoms with Crippen molar-refractivity contribution in [1.29, 1.82) is 0 Å². The van der Waals surface area contributed by atoms with Crippen LogP contribution >= 0.6 is 0 Å². The Bertz CT molecular complexity index is 528. The largest absolute Gasteiger partial charge is 0.322 e. The predicted molar refractivity (Wildman–Crippen MR) is 60.9 cm³/mol. The first-order chi connectivity index (χ1) is 7.15. The maximum Gasteiger partial charge on any atom is 0.248 e. The molecule has 3 heteroatoms. The van der Waals surface area contributed by atoms with Crippen LogP contribution in [0.4, 0.5) is 0 Å². The van der Waals surface area contributed by atoms with Crippen LogP contribution in [0.5, 0.6) is 0 Å². The SMILES string of the molecule is CC(C)Cc1cc2[nH]c(=O)ccc2cn1. The number of rotatable bonds is 2. The van der Waals surface area contributed by atoms with Crippen molar-refractivity contribution in [2.75, 3.05) is 0 Å². The molecule has 78 valence electrons. The Labute approximate surface area is 88.2 Å². The topological polar surface area (TPSA) is 45.8 Å². The summed E-state index contributed by atoms with van der Waals surface area (Å²) in [5.74, 6) is 0.574. The number of nitrogens with zero attached hydrogens (tertiary/aromatic N) is 1. The van der Waals surface area contributed by atoms with Crippen molar-refractivity contribution < 1.29 is 0 Å². The first-order valence-corrected chi connectivity index (χ1v) is 5.13. The molecule has 2 aromatic rings. The van der Waals surface area contributed by atoms with Crippen molar-refractivity contribution in [2.24, 2.45) is 5.92 Å². The fourth-order valence-corrected chi connectivity index (χ4v) is 1.62. The average molecular weight is 202 g/mol. The highest BCUT2D eigenvalue weighted by atomic mass is 16.1. The average Bonchev–Trinajstić information content (AvgIpc) is 2.16. The molecule has 0 saturated carbocycles. The second-order valence-electron chi connectivity index (χ2n) is 4.18. The van der Waals surface area contributed by atoms with Gasteiger partial charge in [0, 0.05) is 23.3 Å². The van der Waals surface area contributed by atoms with Gasteiger partial charge >= 0.3 is 0 Å². The molecule has 2 aromatic heterocycles. The van der Waals surface area contributed by atoms with Gasteiger partial charge in [0.15, 0.2) is 0 Å². The summed E-state index contributed by atoms with van der Waals surface area (Å²) in [4.78, 5) is 18.3. The Kier molecular flexibility index (Phi) is 2.54. The Morgan fingerprint density at radius 1 is 1.40 bits per heavy atom. The maximum atomic E-state index is 11.1. The van der Waals surface area contributed by atoms with Crippen molar-refractivity contribution in [3.8, 4) is 0 Å². The van der Waals surface area contributed by atoms with Crippen LogP contribution in [-0.4, -0.2) is 9.97 Å². The Hall–Kier alpha value is -1.64. The summed E-state index contributed by atoms with van der Waals surface area (Å²) in [7, 11) is 0. The zero-order chi connectivity index (χ0) is 10.8. The van der Waals surface area contributed by atoms with E-state index in [-0.39, 0.29) is 5.56 Å². The van der Waals surface area contributed by atoms with Crippen LogP contribution in [0.25, 0.3) is 10.9 Å². The molecule has 0 saturated heterocycles. The molecule has 15 heavy (non-hydrogen) atoms. The zero-order valence-electron chi connectivity index (χ0n) is 8.95. The van der Waals surface area contributed by atoms with Gasteiger partial charge in [0.2, 0.25) is 5.56 Å². The van der Waals surface area contributed by atoms with Crippen molar-refractivity contribution in [3.63, 3.8) is 0 Å². The predicted octanol–water partition coefficient (Wildman–Crippen LogP) is 2.12. The van der Waals surface area contributed by atoms with E-state index in [9.17, 15) is 4.79 Å². The lowest BCUT2D eigenvalue weighted by Gasteiger charge is -2.04. The first-order valence-electron chi connectivity index (χ1n) is 5.13. The normalized spacial score (nSPS) is 11.1. The monoisotopic (exact) mass is 202 g/mol. The Morgan fingerprint density at radius 3 is 2.93 bits per heavy atom. The van der Waals surface area contributed by atoms with Crippen LogP contribution in [0.3, 0.4) is 0 Å². The number of fused-ring (bicyclic) bond motifs is 1. The number of H-pyrrole nitrogens is 1. The lowest BCUT2D eigenvalue weighted by Crippen LogP contribution is -2.04. The second-order valence-corrected chi connectivity index (χ2v) is 4.18. The van der Waals surface area contributed by atoms with Gasteiger partial charge in [0.25, 0.3) is 0 Å². The molecule has 0 unspecified atom stereocenters. The number of hydrogen-bond acceptors (Lipinski definition) is 2. The maximum absolute atomic E-state index is 11.1. The standard InChI is InChI=1S/C12H14N2O/c1-8(2)5-10-6-11-9(7-13-10)3-4-12(15)14-11/h3-4,6-8H,5H2,1-2H3,(H,14,15). The molecular weight excluding hydrogens is 188 g/mol. The molecule has 0 aliphatic carbocycles. The fraction of sp³-hybridized carbons (Fsp3) is 0.333. The van der Waals surface area contributed by atoms with E-state index in [0.717, 1.165) is 23.0 Å². The molecule has 0 bridgehead atoms. The summed E-state index contributed by atoms with van der Waals surface area (Å²) in [6.07, 6.45) is 2.75. The molecule has 0 aromatic carbocycles. The van der Waals surface area contributed by atoms with E-state index in [2.05, 4.69) is 23.8 Å². The molecule has 0 spiro atoms. The number of aromatic amines is 1. The van der Waals surface area contributed by atoms with Gasteiger partial charge in [-0.1, -0.05) is 13.8 Å². The number of hydrogen-bond donors (Lipinski definition) is 1. The molecule has 0 aliphatic rings. The van der Waals surface area contributed by atoms with E-state index < -0.39 is 0 Å². The van der Waals surface area contributed by atoms with E-state index >= 15 is 0 Å². The zero-order valence-corrected chi connectivity index (χ0v) is 8.95. The highest BCUT2D eigenvalue weighted by molar-refractivity contribution is 5.77.